The number of aliphatic carboxylic acids is 1. The molecule has 2 aliphatic heterocycles. The molecule has 5 nitrogen and oxygen atoms in total. The molecule has 2 heterocycles. The normalized spacial score (nSPS) is 37.4. The predicted molar refractivity (Wildman–Crippen MR) is 62.4 cm³/mol. The molecule has 96 valence electrons. The summed E-state index contributed by atoms with van der Waals surface area (Å²) in [7, 11) is 0. The molecule has 2 N–H and O–H groups in total. The fraction of sp³-hybridized carbons (Fsp3) is 0.833. The molecule has 0 aromatic rings. The Labute approximate surface area is 101 Å². The van der Waals surface area contributed by atoms with Gasteiger partial charge in [-0.1, -0.05) is 13.8 Å². The fourth-order valence-electron chi connectivity index (χ4n) is 2.84. The second-order valence-corrected chi connectivity index (χ2v) is 5.41. The van der Waals surface area contributed by atoms with Gasteiger partial charge in [0.2, 0.25) is 5.91 Å². The lowest BCUT2D eigenvalue weighted by Crippen LogP contribution is -2.37. The summed E-state index contributed by atoms with van der Waals surface area (Å²) in [5.74, 6) is -0.635. The van der Waals surface area contributed by atoms with Crippen molar-refractivity contribution in [2.75, 3.05) is 26.2 Å². The van der Waals surface area contributed by atoms with Crippen LogP contribution >= 0.6 is 0 Å². The zero-order chi connectivity index (χ0) is 12.6. The minimum atomic E-state index is -0.787. The molecule has 4 atom stereocenters. The number of carboxylic acid groups (broad SMARTS) is 1. The molecule has 0 radical (unpaired) electrons. The second kappa shape index (κ2) is 4.64. The molecular formula is C12H20N2O3. The molecule has 2 rings (SSSR count). The average molecular weight is 240 g/mol. The van der Waals surface area contributed by atoms with Gasteiger partial charge in [0.05, 0.1) is 11.8 Å². The number of carbonyl (C=O) groups excluding carboxylic acids is 1. The third kappa shape index (κ3) is 2.29. The van der Waals surface area contributed by atoms with E-state index in [9.17, 15) is 9.59 Å². The van der Waals surface area contributed by atoms with Crippen molar-refractivity contribution in [1.29, 1.82) is 0 Å². The smallest absolute Gasteiger partial charge is 0.308 e. The maximum absolute atomic E-state index is 12.3. The number of hydrogen-bond donors (Lipinski definition) is 2. The first-order chi connectivity index (χ1) is 8.00. The molecule has 0 aromatic carbocycles. The molecule has 0 aromatic heterocycles. The second-order valence-electron chi connectivity index (χ2n) is 5.41. The number of amides is 1. The molecule has 2 saturated heterocycles. The standard InChI is InChI=1S/C12H20N2O3/c1-7-3-13-4-9(7)11(15)14-5-8(2)10(6-14)12(16)17/h7-10,13H,3-6H2,1-2H3,(H,16,17). The van der Waals surface area contributed by atoms with Crippen molar-refractivity contribution >= 4 is 11.9 Å². The van der Waals surface area contributed by atoms with E-state index in [1.54, 1.807) is 4.90 Å². The van der Waals surface area contributed by atoms with Crippen molar-refractivity contribution in [3.8, 4) is 0 Å². The fourth-order valence-corrected chi connectivity index (χ4v) is 2.84. The largest absolute Gasteiger partial charge is 0.481 e. The highest BCUT2D eigenvalue weighted by Gasteiger charge is 2.40. The Morgan fingerprint density at radius 2 is 1.82 bits per heavy atom. The first-order valence-electron chi connectivity index (χ1n) is 6.23. The van der Waals surface area contributed by atoms with Crippen molar-refractivity contribution in [3.63, 3.8) is 0 Å². The molecule has 0 bridgehead atoms. The first-order valence-corrected chi connectivity index (χ1v) is 6.23. The van der Waals surface area contributed by atoms with Crippen LogP contribution in [0, 0.1) is 23.7 Å². The predicted octanol–water partition coefficient (Wildman–Crippen LogP) is 0.0210. The Bertz CT molecular complexity index is 332. The lowest BCUT2D eigenvalue weighted by molar-refractivity contribution is -0.142. The molecule has 17 heavy (non-hydrogen) atoms. The zero-order valence-corrected chi connectivity index (χ0v) is 10.3. The summed E-state index contributed by atoms with van der Waals surface area (Å²) in [5.41, 5.74) is 0. The highest BCUT2D eigenvalue weighted by atomic mass is 16.4. The van der Waals surface area contributed by atoms with E-state index in [0.717, 1.165) is 13.1 Å². The number of rotatable bonds is 2. The van der Waals surface area contributed by atoms with E-state index >= 15 is 0 Å². The first kappa shape index (κ1) is 12.4. The van der Waals surface area contributed by atoms with E-state index in [2.05, 4.69) is 12.2 Å². The Morgan fingerprint density at radius 3 is 2.29 bits per heavy atom. The van der Waals surface area contributed by atoms with Crippen LogP contribution in [0.25, 0.3) is 0 Å². The molecule has 0 spiro atoms. The molecular weight excluding hydrogens is 220 g/mol. The van der Waals surface area contributed by atoms with Crippen molar-refractivity contribution in [1.82, 2.24) is 10.2 Å². The summed E-state index contributed by atoms with van der Waals surface area (Å²) in [5, 5.41) is 12.3. The van der Waals surface area contributed by atoms with Crippen LogP contribution in [0.1, 0.15) is 13.8 Å². The van der Waals surface area contributed by atoms with Gasteiger partial charge in [-0.25, -0.2) is 0 Å². The topological polar surface area (TPSA) is 69.6 Å². The SMILES string of the molecule is CC1CN(C(=O)C2CNCC2C)CC1C(=O)O. The lowest BCUT2D eigenvalue weighted by Gasteiger charge is -2.22. The van der Waals surface area contributed by atoms with Gasteiger partial charge in [-0.15, -0.1) is 0 Å². The monoisotopic (exact) mass is 240 g/mol. The summed E-state index contributed by atoms with van der Waals surface area (Å²) in [6.07, 6.45) is 0. The van der Waals surface area contributed by atoms with Crippen molar-refractivity contribution in [2.24, 2.45) is 23.7 Å². The van der Waals surface area contributed by atoms with E-state index in [-0.39, 0.29) is 17.7 Å². The molecule has 5 heteroatoms. The Balaban J connectivity index is 2.00. The molecule has 4 unspecified atom stereocenters. The number of hydrogen-bond acceptors (Lipinski definition) is 3. The van der Waals surface area contributed by atoms with E-state index in [4.69, 9.17) is 5.11 Å². The third-order valence-electron chi connectivity index (χ3n) is 4.08. The Morgan fingerprint density at radius 1 is 1.12 bits per heavy atom. The van der Waals surface area contributed by atoms with Crippen LogP contribution in [0.5, 0.6) is 0 Å². The average Bonchev–Trinajstić information content (AvgIpc) is 2.83. The van der Waals surface area contributed by atoms with Crippen LogP contribution in [0.15, 0.2) is 0 Å². The van der Waals surface area contributed by atoms with Gasteiger partial charge in [0, 0.05) is 19.6 Å². The van der Waals surface area contributed by atoms with Crippen molar-refractivity contribution in [3.05, 3.63) is 0 Å². The third-order valence-corrected chi connectivity index (χ3v) is 4.08. The van der Waals surface area contributed by atoms with E-state index in [1.165, 1.54) is 0 Å². The summed E-state index contributed by atoms with van der Waals surface area (Å²) >= 11 is 0. The molecule has 1 amide bonds. The summed E-state index contributed by atoms with van der Waals surface area (Å²) in [6.45, 7) is 6.53. The van der Waals surface area contributed by atoms with Crippen molar-refractivity contribution in [2.45, 2.75) is 13.8 Å². The summed E-state index contributed by atoms with van der Waals surface area (Å²) in [4.78, 5) is 25.0. The highest BCUT2D eigenvalue weighted by Crippen LogP contribution is 2.27. The molecule has 2 aliphatic rings. The number of nitrogens with one attached hydrogen (secondary N) is 1. The maximum atomic E-state index is 12.3. The molecule has 0 aliphatic carbocycles. The van der Waals surface area contributed by atoms with E-state index < -0.39 is 11.9 Å². The Hall–Kier alpha value is -1.10. The Kier molecular flexibility index (Phi) is 3.38. The van der Waals surface area contributed by atoms with Crippen LogP contribution in [0.3, 0.4) is 0 Å². The van der Waals surface area contributed by atoms with Gasteiger partial charge < -0.3 is 15.3 Å². The minimum Gasteiger partial charge on any atom is -0.481 e. The van der Waals surface area contributed by atoms with Gasteiger partial charge in [-0.3, -0.25) is 9.59 Å². The highest BCUT2D eigenvalue weighted by molar-refractivity contribution is 5.81. The minimum absolute atomic E-state index is 0.0229. The van der Waals surface area contributed by atoms with Crippen LogP contribution in [0.2, 0.25) is 0 Å². The van der Waals surface area contributed by atoms with Gasteiger partial charge in [-0.05, 0) is 18.4 Å². The zero-order valence-electron chi connectivity index (χ0n) is 10.3. The van der Waals surface area contributed by atoms with Gasteiger partial charge in [0.15, 0.2) is 0 Å². The van der Waals surface area contributed by atoms with Gasteiger partial charge in [0.25, 0.3) is 0 Å². The number of likely N-dealkylation sites (tertiary alicyclic amines) is 1. The van der Waals surface area contributed by atoms with Crippen LogP contribution in [-0.2, 0) is 9.59 Å². The maximum Gasteiger partial charge on any atom is 0.308 e. The number of nitrogens with zero attached hydrogens (tertiary/aromatic N) is 1. The van der Waals surface area contributed by atoms with Crippen molar-refractivity contribution < 1.29 is 14.7 Å². The summed E-state index contributed by atoms with van der Waals surface area (Å²) in [6, 6.07) is 0. The van der Waals surface area contributed by atoms with Gasteiger partial charge >= 0.3 is 5.97 Å². The van der Waals surface area contributed by atoms with Gasteiger partial charge in [0.1, 0.15) is 0 Å². The summed E-state index contributed by atoms with van der Waals surface area (Å²) < 4.78 is 0. The number of carbonyl (C=O) groups is 2. The van der Waals surface area contributed by atoms with E-state index in [1.807, 2.05) is 6.92 Å². The molecule has 2 fully saturated rings. The molecule has 0 saturated carbocycles. The van der Waals surface area contributed by atoms with Gasteiger partial charge in [-0.2, -0.15) is 0 Å². The number of carboxylic acids is 1. The van der Waals surface area contributed by atoms with Crippen LogP contribution in [-0.4, -0.2) is 48.1 Å². The van der Waals surface area contributed by atoms with E-state index in [0.29, 0.717) is 19.0 Å². The lowest BCUT2D eigenvalue weighted by atomic mass is 9.97. The van der Waals surface area contributed by atoms with Crippen LogP contribution in [0.4, 0.5) is 0 Å². The van der Waals surface area contributed by atoms with Crippen LogP contribution < -0.4 is 5.32 Å². The quantitative estimate of drug-likeness (QED) is 0.714.